The number of hydrogen-bond acceptors (Lipinski definition) is 3. The van der Waals surface area contributed by atoms with Gasteiger partial charge in [-0.2, -0.15) is 0 Å². The number of amides is 1. The lowest BCUT2D eigenvalue weighted by molar-refractivity contribution is -0.142. The minimum Gasteiger partial charge on any atom is -0.466 e. The first kappa shape index (κ1) is 15.8. The van der Waals surface area contributed by atoms with E-state index >= 15 is 0 Å². The van der Waals surface area contributed by atoms with E-state index in [0.717, 1.165) is 17.4 Å². The summed E-state index contributed by atoms with van der Waals surface area (Å²) in [5.74, 6) is -0.476. The zero-order valence-corrected chi connectivity index (χ0v) is 12.8. The van der Waals surface area contributed by atoms with Gasteiger partial charge in [-0.1, -0.05) is 6.92 Å². The summed E-state index contributed by atoms with van der Waals surface area (Å²) in [6, 6.07) is 1.77. The van der Waals surface area contributed by atoms with E-state index in [0.29, 0.717) is 12.3 Å². The summed E-state index contributed by atoms with van der Waals surface area (Å²) in [6.45, 7) is 5.24. The molecule has 0 aliphatic carbocycles. The minimum atomic E-state index is -0.298. The van der Waals surface area contributed by atoms with E-state index in [2.05, 4.69) is 28.2 Å². The molecule has 6 heteroatoms. The number of nitrogens with one attached hydrogen (secondary N) is 1. The van der Waals surface area contributed by atoms with Crippen LogP contribution < -0.4 is 5.32 Å². The molecule has 5 nitrogen and oxygen atoms in total. The minimum absolute atomic E-state index is 0.177. The highest BCUT2D eigenvalue weighted by atomic mass is 79.9. The Hall–Kier alpha value is -1.30. The number of aromatic nitrogens is 1. The fourth-order valence-electron chi connectivity index (χ4n) is 1.69. The Balaban J connectivity index is 2.51. The second-order valence-electron chi connectivity index (χ2n) is 4.05. The van der Waals surface area contributed by atoms with E-state index < -0.39 is 0 Å². The Labute approximate surface area is 121 Å². The standard InChI is InChI=1S/C13H19BrN2O3/c1-3-7-16-9-10(14)8-11(16)13(18)15-6-5-12(17)19-4-2/h8-9H,3-7H2,1-2H3,(H,15,18). The van der Waals surface area contributed by atoms with Crippen LogP contribution in [0, 0.1) is 0 Å². The summed E-state index contributed by atoms with van der Waals surface area (Å²) in [6.07, 6.45) is 3.02. The van der Waals surface area contributed by atoms with Crippen LogP contribution in [0.4, 0.5) is 0 Å². The molecule has 0 aliphatic heterocycles. The van der Waals surface area contributed by atoms with Crippen LogP contribution in [-0.4, -0.2) is 29.6 Å². The maximum atomic E-state index is 12.0. The Morgan fingerprint density at radius 2 is 2.16 bits per heavy atom. The number of aryl methyl sites for hydroxylation is 1. The van der Waals surface area contributed by atoms with Gasteiger partial charge in [-0.3, -0.25) is 9.59 Å². The molecule has 0 unspecified atom stereocenters. The highest BCUT2D eigenvalue weighted by molar-refractivity contribution is 9.10. The SMILES string of the molecule is CCCn1cc(Br)cc1C(=O)NCCC(=O)OCC. The highest BCUT2D eigenvalue weighted by Crippen LogP contribution is 2.15. The number of hydrogen-bond donors (Lipinski definition) is 1. The quantitative estimate of drug-likeness (QED) is 0.780. The summed E-state index contributed by atoms with van der Waals surface area (Å²) >= 11 is 3.36. The van der Waals surface area contributed by atoms with Gasteiger partial charge in [0.1, 0.15) is 5.69 Å². The molecule has 0 fully saturated rings. The summed E-state index contributed by atoms with van der Waals surface area (Å²) in [4.78, 5) is 23.1. The first-order chi connectivity index (χ1) is 9.08. The molecular formula is C13H19BrN2O3. The molecule has 1 N–H and O–H groups in total. The maximum absolute atomic E-state index is 12.0. The van der Waals surface area contributed by atoms with Gasteiger partial charge in [-0.15, -0.1) is 0 Å². The fourth-order valence-corrected chi connectivity index (χ4v) is 2.16. The van der Waals surface area contributed by atoms with Gasteiger partial charge in [0, 0.05) is 23.8 Å². The van der Waals surface area contributed by atoms with Crippen molar-refractivity contribution < 1.29 is 14.3 Å². The van der Waals surface area contributed by atoms with Crippen LogP contribution in [0.3, 0.4) is 0 Å². The molecule has 0 atom stereocenters. The Morgan fingerprint density at radius 1 is 1.42 bits per heavy atom. The highest BCUT2D eigenvalue weighted by Gasteiger charge is 2.12. The first-order valence-corrected chi connectivity index (χ1v) is 7.17. The topological polar surface area (TPSA) is 60.3 Å². The molecule has 1 aromatic heterocycles. The maximum Gasteiger partial charge on any atom is 0.307 e. The average Bonchev–Trinajstić information content (AvgIpc) is 2.71. The molecular weight excluding hydrogens is 312 g/mol. The lowest BCUT2D eigenvalue weighted by Gasteiger charge is -2.08. The monoisotopic (exact) mass is 330 g/mol. The lowest BCUT2D eigenvalue weighted by Crippen LogP contribution is -2.28. The third-order valence-corrected chi connectivity index (χ3v) is 2.91. The van der Waals surface area contributed by atoms with Crippen molar-refractivity contribution in [1.29, 1.82) is 0 Å². The molecule has 0 saturated heterocycles. The van der Waals surface area contributed by atoms with Crippen molar-refractivity contribution in [3.8, 4) is 0 Å². The molecule has 0 spiro atoms. The zero-order valence-electron chi connectivity index (χ0n) is 11.2. The Morgan fingerprint density at radius 3 is 2.79 bits per heavy atom. The van der Waals surface area contributed by atoms with Crippen molar-refractivity contribution in [3.63, 3.8) is 0 Å². The molecule has 0 aromatic carbocycles. The van der Waals surface area contributed by atoms with E-state index in [4.69, 9.17) is 4.74 Å². The summed E-state index contributed by atoms with van der Waals surface area (Å²) < 4.78 is 7.56. The van der Waals surface area contributed by atoms with Crippen molar-refractivity contribution in [1.82, 2.24) is 9.88 Å². The third kappa shape index (κ3) is 5.06. The predicted molar refractivity (Wildman–Crippen MR) is 76.0 cm³/mol. The van der Waals surface area contributed by atoms with Crippen LogP contribution in [0.25, 0.3) is 0 Å². The van der Waals surface area contributed by atoms with E-state index in [9.17, 15) is 9.59 Å². The smallest absolute Gasteiger partial charge is 0.307 e. The molecule has 0 aliphatic rings. The van der Waals surface area contributed by atoms with Crippen LogP contribution in [0.2, 0.25) is 0 Å². The Bertz CT molecular complexity index is 443. The van der Waals surface area contributed by atoms with E-state index in [1.54, 1.807) is 13.0 Å². The number of nitrogens with zero attached hydrogens (tertiary/aromatic N) is 1. The number of carbonyl (C=O) groups is 2. The molecule has 0 saturated carbocycles. The van der Waals surface area contributed by atoms with Crippen molar-refractivity contribution in [3.05, 3.63) is 22.4 Å². The van der Waals surface area contributed by atoms with Crippen molar-refractivity contribution in [2.24, 2.45) is 0 Å². The van der Waals surface area contributed by atoms with Crippen LogP contribution in [0.15, 0.2) is 16.7 Å². The van der Waals surface area contributed by atoms with Gasteiger partial charge in [-0.25, -0.2) is 0 Å². The second-order valence-corrected chi connectivity index (χ2v) is 4.96. The molecule has 0 bridgehead atoms. The zero-order chi connectivity index (χ0) is 14.3. The normalized spacial score (nSPS) is 10.3. The number of halogens is 1. The number of rotatable bonds is 7. The van der Waals surface area contributed by atoms with E-state index in [-0.39, 0.29) is 24.8 Å². The molecule has 1 heterocycles. The summed E-state index contributed by atoms with van der Waals surface area (Å²) in [7, 11) is 0. The molecule has 1 rings (SSSR count). The predicted octanol–water partition coefficient (Wildman–Crippen LogP) is 2.34. The fraction of sp³-hybridized carbons (Fsp3) is 0.538. The Kier molecular flexibility index (Phi) is 6.62. The second kappa shape index (κ2) is 7.99. The van der Waals surface area contributed by atoms with Gasteiger partial charge in [-0.05, 0) is 35.3 Å². The van der Waals surface area contributed by atoms with Crippen molar-refractivity contribution >= 4 is 27.8 Å². The van der Waals surface area contributed by atoms with E-state index in [1.165, 1.54) is 0 Å². The van der Waals surface area contributed by atoms with Gasteiger partial charge >= 0.3 is 5.97 Å². The van der Waals surface area contributed by atoms with Crippen LogP contribution in [0.5, 0.6) is 0 Å². The largest absolute Gasteiger partial charge is 0.466 e. The van der Waals surface area contributed by atoms with Crippen LogP contribution >= 0.6 is 15.9 Å². The van der Waals surface area contributed by atoms with E-state index in [1.807, 2.05) is 10.8 Å². The molecule has 106 valence electrons. The van der Waals surface area contributed by atoms with Gasteiger partial charge in [0.25, 0.3) is 5.91 Å². The summed E-state index contributed by atoms with van der Waals surface area (Å²) in [5.41, 5.74) is 0.595. The average molecular weight is 331 g/mol. The molecule has 1 aromatic rings. The van der Waals surface area contributed by atoms with Crippen molar-refractivity contribution in [2.45, 2.75) is 33.2 Å². The molecule has 19 heavy (non-hydrogen) atoms. The molecule has 0 radical (unpaired) electrons. The number of esters is 1. The first-order valence-electron chi connectivity index (χ1n) is 6.38. The van der Waals surface area contributed by atoms with Crippen molar-refractivity contribution in [2.75, 3.05) is 13.2 Å². The number of carbonyl (C=O) groups excluding carboxylic acids is 2. The van der Waals surface area contributed by atoms with Gasteiger partial charge < -0.3 is 14.6 Å². The van der Waals surface area contributed by atoms with Gasteiger partial charge in [0.2, 0.25) is 0 Å². The van der Waals surface area contributed by atoms with Crippen LogP contribution in [-0.2, 0) is 16.1 Å². The lowest BCUT2D eigenvalue weighted by atomic mass is 10.3. The van der Waals surface area contributed by atoms with Gasteiger partial charge in [0.15, 0.2) is 0 Å². The number of ether oxygens (including phenoxy) is 1. The van der Waals surface area contributed by atoms with Crippen LogP contribution in [0.1, 0.15) is 37.2 Å². The summed E-state index contributed by atoms with van der Waals surface area (Å²) in [5, 5.41) is 2.72. The third-order valence-electron chi connectivity index (χ3n) is 2.48. The van der Waals surface area contributed by atoms with Gasteiger partial charge in [0.05, 0.1) is 13.0 Å². The molecule has 1 amide bonds.